The number of nitrogens with one attached hydrogen (secondary N) is 1. The number of aromatic nitrogens is 1. The van der Waals surface area contributed by atoms with Crippen LogP contribution in [0.25, 0.3) is 10.2 Å². The van der Waals surface area contributed by atoms with Gasteiger partial charge in [0.1, 0.15) is 6.04 Å². The van der Waals surface area contributed by atoms with E-state index >= 15 is 0 Å². The summed E-state index contributed by atoms with van der Waals surface area (Å²) in [6.45, 7) is 1.89. The van der Waals surface area contributed by atoms with Crippen molar-refractivity contribution >= 4 is 50.2 Å². The number of nitrogens with zero attached hydrogens (tertiary/aromatic N) is 3. The molecule has 24 heavy (non-hydrogen) atoms. The van der Waals surface area contributed by atoms with Crippen molar-refractivity contribution in [3.8, 4) is 0 Å². The zero-order valence-corrected chi connectivity index (χ0v) is 14.3. The molecule has 1 aliphatic heterocycles. The Kier molecular flexibility index (Phi) is 3.88. The summed E-state index contributed by atoms with van der Waals surface area (Å²) in [5.74, 6) is -0.709. The van der Waals surface area contributed by atoms with Crippen LogP contribution in [0.4, 0.5) is 15.6 Å². The molecule has 0 saturated carbocycles. The third-order valence-electron chi connectivity index (χ3n) is 4.04. The lowest BCUT2D eigenvalue weighted by molar-refractivity contribution is -0.129. The van der Waals surface area contributed by atoms with Gasteiger partial charge in [-0.3, -0.25) is 14.5 Å². The number of carbonyl (C=O) groups is 3. The minimum atomic E-state index is -0.772. The molecule has 0 aliphatic carbocycles. The first-order valence-electron chi connectivity index (χ1n) is 7.29. The highest BCUT2D eigenvalue weighted by Gasteiger charge is 2.41. The number of benzene rings is 1. The maximum absolute atomic E-state index is 12.3. The summed E-state index contributed by atoms with van der Waals surface area (Å²) in [6.07, 6.45) is -0.0900. The lowest BCUT2D eigenvalue weighted by atomic mass is 10.1. The van der Waals surface area contributed by atoms with Gasteiger partial charge in [-0.25, -0.2) is 9.78 Å². The van der Waals surface area contributed by atoms with Crippen molar-refractivity contribution < 1.29 is 14.4 Å². The first-order chi connectivity index (χ1) is 11.3. The van der Waals surface area contributed by atoms with Crippen LogP contribution in [0, 0.1) is 6.92 Å². The zero-order valence-electron chi connectivity index (χ0n) is 13.5. The SMILES string of the molecule is Cc1cc(NC(=O)CC2C(=O)N(C)C(=O)N2C)cc2sc(N)nc12. The number of anilines is 2. The highest BCUT2D eigenvalue weighted by molar-refractivity contribution is 7.22. The number of nitrogens with two attached hydrogens (primary N) is 1. The predicted octanol–water partition coefficient (Wildman–Crippen LogP) is 1.41. The molecule has 1 unspecified atom stereocenters. The number of likely N-dealkylation sites (N-methyl/N-ethyl adjacent to an activating group) is 2. The van der Waals surface area contributed by atoms with Crippen LogP contribution in [-0.2, 0) is 9.59 Å². The van der Waals surface area contributed by atoms with E-state index in [0.717, 1.165) is 20.7 Å². The van der Waals surface area contributed by atoms with Gasteiger partial charge in [-0.05, 0) is 24.6 Å². The lowest BCUT2D eigenvalue weighted by Crippen LogP contribution is -2.35. The fraction of sp³-hybridized carbons (Fsp3) is 0.333. The number of nitrogen functional groups attached to an aromatic ring is 1. The second-order valence-electron chi connectivity index (χ2n) is 5.75. The molecule has 1 aliphatic rings. The number of carbonyl (C=O) groups excluding carboxylic acids is 3. The van der Waals surface area contributed by atoms with Crippen molar-refractivity contribution in [3.63, 3.8) is 0 Å². The van der Waals surface area contributed by atoms with E-state index in [1.807, 2.05) is 6.92 Å². The van der Waals surface area contributed by atoms with E-state index in [4.69, 9.17) is 5.73 Å². The minimum absolute atomic E-state index is 0.0900. The molecule has 0 spiro atoms. The number of aryl methyl sites for hydroxylation is 1. The highest BCUT2D eigenvalue weighted by Crippen LogP contribution is 2.29. The molecule has 1 saturated heterocycles. The maximum atomic E-state index is 12.3. The summed E-state index contributed by atoms with van der Waals surface area (Å²) in [7, 11) is 2.92. The number of hydrogen-bond acceptors (Lipinski definition) is 6. The Hall–Kier alpha value is -2.68. The summed E-state index contributed by atoms with van der Waals surface area (Å²) >= 11 is 1.34. The van der Waals surface area contributed by atoms with Crippen LogP contribution in [0.15, 0.2) is 12.1 Å². The minimum Gasteiger partial charge on any atom is -0.375 e. The Balaban J connectivity index is 1.76. The normalized spacial score (nSPS) is 17.9. The second kappa shape index (κ2) is 5.75. The van der Waals surface area contributed by atoms with Crippen molar-refractivity contribution in [1.82, 2.24) is 14.8 Å². The number of imide groups is 1. The van der Waals surface area contributed by atoms with E-state index in [-0.39, 0.29) is 18.2 Å². The van der Waals surface area contributed by atoms with E-state index < -0.39 is 12.1 Å². The van der Waals surface area contributed by atoms with Gasteiger partial charge in [0.05, 0.1) is 16.6 Å². The van der Waals surface area contributed by atoms with Gasteiger partial charge in [-0.2, -0.15) is 0 Å². The molecule has 2 aromatic rings. The standard InChI is InChI=1S/C15H17N5O3S/c1-7-4-8(5-10-12(7)18-14(16)24-10)17-11(21)6-9-13(22)20(3)15(23)19(9)2/h4-5,9H,6H2,1-3H3,(H2,16,18)(H,17,21). The summed E-state index contributed by atoms with van der Waals surface area (Å²) < 4.78 is 0.881. The molecule has 3 rings (SSSR count). The van der Waals surface area contributed by atoms with Gasteiger partial charge >= 0.3 is 6.03 Å². The van der Waals surface area contributed by atoms with Gasteiger partial charge in [0.25, 0.3) is 5.91 Å². The third-order valence-corrected chi connectivity index (χ3v) is 4.87. The Morgan fingerprint density at radius 3 is 2.71 bits per heavy atom. The summed E-state index contributed by atoms with van der Waals surface area (Å²) in [4.78, 5) is 42.6. The average molecular weight is 347 g/mol. The van der Waals surface area contributed by atoms with E-state index in [2.05, 4.69) is 10.3 Å². The Morgan fingerprint density at radius 1 is 1.38 bits per heavy atom. The van der Waals surface area contributed by atoms with E-state index in [1.54, 1.807) is 12.1 Å². The molecule has 1 aromatic carbocycles. The molecule has 0 bridgehead atoms. The number of hydrogen-bond donors (Lipinski definition) is 2. The predicted molar refractivity (Wildman–Crippen MR) is 91.7 cm³/mol. The van der Waals surface area contributed by atoms with Crippen LogP contribution < -0.4 is 11.1 Å². The molecule has 1 atom stereocenters. The van der Waals surface area contributed by atoms with Gasteiger partial charge in [0, 0.05) is 19.8 Å². The molecule has 3 N–H and O–H groups in total. The average Bonchev–Trinajstić information content (AvgIpc) is 2.97. The first kappa shape index (κ1) is 16.2. The molecular formula is C15H17N5O3S. The van der Waals surface area contributed by atoms with Crippen LogP contribution in [0.1, 0.15) is 12.0 Å². The molecule has 0 radical (unpaired) electrons. The number of rotatable bonds is 3. The lowest BCUT2D eigenvalue weighted by Gasteiger charge is -2.15. The summed E-state index contributed by atoms with van der Waals surface area (Å²) in [6, 6.07) is 2.42. The molecule has 126 valence electrons. The Bertz CT molecular complexity index is 862. The molecule has 1 fully saturated rings. The summed E-state index contributed by atoms with van der Waals surface area (Å²) in [5.41, 5.74) is 8.05. The van der Waals surface area contributed by atoms with E-state index in [1.165, 1.54) is 30.3 Å². The monoisotopic (exact) mass is 347 g/mol. The second-order valence-corrected chi connectivity index (χ2v) is 6.81. The number of amides is 4. The quantitative estimate of drug-likeness (QED) is 0.816. The number of urea groups is 1. The van der Waals surface area contributed by atoms with Gasteiger partial charge in [0.2, 0.25) is 5.91 Å². The van der Waals surface area contributed by atoms with Crippen molar-refractivity contribution in [1.29, 1.82) is 0 Å². The topological polar surface area (TPSA) is 109 Å². The third kappa shape index (κ3) is 2.67. The maximum Gasteiger partial charge on any atom is 0.326 e. The van der Waals surface area contributed by atoms with Crippen molar-refractivity contribution in [2.45, 2.75) is 19.4 Å². The van der Waals surface area contributed by atoms with Gasteiger partial charge in [0.15, 0.2) is 5.13 Å². The molecule has 9 heteroatoms. The number of fused-ring (bicyclic) bond motifs is 1. The van der Waals surface area contributed by atoms with E-state index in [0.29, 0.717) is 10.8 Å². The molecule has 4 amide bonds. The molecular weight excluding hydrogens is 330 g/mol. The highest BCUT2D eigenvalue weighted by atomic mass is 32.1. The van der Waals surface area contributed by atoms with Gasteiger partial charge in [-0.15, -0.1) is 0 Å². The van der Waals surface area contributed by atoms with E-state index in [9.17, 15) is 14.4 Å². The first-order valence-corrected chi connectivity index (χ1v) is 8.10. The van der Waals surface area contributed by atoms with Crippen LogP contribution in [0.3, 0.4) is 0 Å². The Labute approximate surface area is 142 Å². The summed E-state index contributed by atoms with van der Waals surface area (Å²) in [5, 5.41) is 3.24. The fourth-order valence-electron chi connectivity index (χ4n) is 2.75. The Morgan fingerprint density at radius 2 is 2.08 bits per heavy atom. The van der Waals surface area contributed by atoms with Crippen LogP contribution >= 0.6 is 11.3 Å². The van der Waals surface area contributed by atoms with Crippen LogP contribution in [0.2, 0.25) is 0 Å². The van der Waals surface area contributed by atoms with Crippen LogP contribution in [-0.4, -0.2) is 52.8 Å². The largest absolute Gasteiger partial charge is 0.375 e. The fourth-order valence-corrected chi connectivity index (χ4v) is 3.60. The molecule has 2 heterocycles. The van der Waals surface area contributed by atoms with Crippen LogP contribution in [0.5, 0.6) is 0 Å². The van der Waals surface area contributed by atoms with Crippen molar-refractivity contribution in [2.75, 3.05) is 25.1 Å². The van der Waals surface area contributed by atoms with Gasteiger partial charge in [-0.1, -0.05) is 11.3 Å². The van der Waals surface area contributed by atoms with Gasteiger partial charge < -0.3 is 16.0 Å². The molecule has 8 nitrogen and oxygen atoms in total. The van der Waals surface area contributed by atoms with Crippen molar-refractivity contribution in [3.05, 3.63) is 17.7 Å². The zero-order chi connectivity index (χ0) is 17.6. The smallest absolute Gasteiger partial charge is 0.326 e. The van der Waals surface area contributed by atoms with Crippen molar-refractivity contribution in [2.24, 2.45) is 0 Å². The molecule has 1 aromatic heterocycles. The number of thiazole rings is 1.